The zero-order valence-electron chi connectivity index (χ0n) is 22.9. The SMILES string of the molecule is CC1CCCC2=C1OC1NC(C3C=CC(C(=O)I(C)C)=CC3)CCC1C2C(C)(C)C(O)NC1NNCS1. The number of hydrogen-bond acceptors (Lipinski definition) is 8. The molecule has 8 atom stereocenters. The van der Waals surface area contributed by atoms with Gasteiger partial charge in [-0.1, -0.05) is 0 Å². The molecule has 0 radical (unpaired) electrons. The van der Waals surface area contributed by atoms with Crippen LogP contribution >= 0.6 is 31.6 Å². The van der Waals surface area contributed by atoms with E-state index in [1.165, 1.54) is 17.8 Å². The molecule has 0 amide bonds. The Morgan fingerprint density at radius 1 is 1.30 bits per heavy atom. The number of rotatable bonds is 7. The van der Waals surface area contributed by atoms with E-state index in [1.807, 2.05) is 0 Å². The number of fused-ring (bicyclic) bond motifs is 1. The van der Waals surface area contributed by atoms with Crippen LogP contribution in [0.4, 0.5) is 0 Å². The Kier molecular flexibility index (Phi) is 8.80. The van der Waals surface area contributed by atoms with Gasteiger partial charge in [0, 0.05) is 0 Å². The van der Waals surface area contributed by atoms with Gasteiger partial charge in [0.1, 0.15) is 5.50 Å². The normalized spacial score (nSPS) is 37.3. The molecule has 0 aromatic rings. The van der Waals surface area contributed by atoms with Crippen molar-refractivity contribution in [2.45, 2.75) is 83.3 Å². The molecule has 0 aromatic heterocycles. The topological polar surface area (TPSA) is 94.7 Å². The van der Waals surface area contributed by atoms with Crippen LogP contribution in [-0.2, 0) is 9.53 Å². The van der Waals surface area contributed by atoms with Crippen LogP contribution in [0, 0.1) is 29.1 Å². The first-order valence-corrected chi connectivity index (χ1v) is 20.2. The molecule has 2 aliphatic carbocycles. The number of carbonyl (C=O) groups is 1. The van der Waals surface area contributed by atoms with Gasteiger partial charge in [0.2, 0.25) is 0 Å². The molecule has 0 aromatic carbocycles. The molecule has 2 fully saturated rings. The van der Waals surface area contributed by atoms with Crippen LogP contribution in [0.3, 0.4) is 0 Å². The summed E-state index contributed by atoms with van der Waals surface area (Å²) < 4.78 is 7.20. The van der Waals surface area contributed by atoms with Crippen molar-refractivity contribution >= 4 is 35.4 Å². The molecule has 208 valence electrons. The van der Waals surface area contributed by atoms with Gasteiger partial charge in [0.05, 0.1) is 5.88 Å². The summed E-state index contributed by atoms with van der Waals surface area (Å²) in [6, 6.07) is 0.335. The summed E-state index contributed by atoms with van der Waals surface area (Å²) in [4.78, 5) is 16.7. The Morgan fingerprint density at radius 2 is 2.11 bits per heavy atom. The number of carbonyl (C=O) groups excluding carboxylic acids is 1. The van der Waals surface area contributed by atoms with Crippen molar-refractivity contribution in [1.29, 1.82) is 0 Å². The maximum absolute atomic E-state index is 12.5. The van der Waals surface area contributed by atoms with Crippen LogP contribution in [0.5, 0.6) is 0 Å². The van der Waals surface area contributed by atoms with Gasteiger partial charge in [-0.3, -0.25) is 5.32 Å². The summed E-state index contributed by atoms with van der Waals surface area (Å²) >= 11 is 0.246. The Hall–Kier alpha value is -0.430. The van der Waals surface area contributed by atoms with E-state index >= 15 is 0 Å². The molecule has 3 aliphatic heterocycles. The average molecular weight is 645 g/mol. The van der Waals surface area contributed by atoms with Crippen LogP contribution in [-0.4, -0.2) is 48.6 Å². The zero-order valence-corrected chi connectivity index (χ0v) is 25.8. The number of hydrazine groups is 1. The van der Waals surface area contributed by atoms with Crippen LogP contribution in [0.1, 0.15) is 59.3 Å². The first-order valence-electron chi connectivity index (χ1n) is 13.8. The first-order chi connectivity index (χ1) is 17.7. The number of aliphatic hydroxyl groups is 1. The van der Waals surface area contributed by atoms with Crippen LogP contribution in [0.25, 0.3) is 0 Å². The molecule has 5 N–H and O–H groups in total. The molecule has 7 nitrogen and oxygen atoms in total. The van der Waals surface area contributed by atoms with Crippen molar-refractivity contribution in [3.8, 4) is 0 Å². The molecule has 9 heteroatoms. The molecule has 8 unspecified atom stereocenters. The molecule has 0 saturated carbocycles. The second kappa shape index (κ2) is 11.6. The van der Waals surface area contributed by atoms with Crippen molar-refractivity contribution in [3.05, 3.63) is 35.1 Å². The molecule has 5 aliphatic rings. The second-order valence-electron chi connectivity index (χ2n) is 12.1. The molecule has 3 heterocycles. The van der Waals surface area contributed by atoms with Gasteiger partial charge < -0.3 is 5.11 Å². The van der Waals surface area contributed by atoms with E-state index in [0.717, 1.165) is 43.6 Å². The number of thioether (sulfide) groups is 1. The minimum atomic E-state index is -1.48. The number of aliphatic hydroxyl groups excluding tert-OH is 1. The van der Waals surface area contributed by atoms with E-state index in [0.29, 0.717) is 27.6 Å². The molecule has 2 saturated heterocycles. The van der Waals surface area contributed by atoms with Gasteiger partial charge in [-0.05, 0) is 6.42 Å². The van der Waals surface area contributed by atoms with Crippen LogP contribution in [0.15, 0.2) is 35.1 Å². The Balaban J connectivity index is 1.35. The smallest absolute Gasteiger partial charge is 0.378 e. The fourth-order valence-corrected chi connectivity index (χ4v) is 9.40. The quantitative estimate of drug-likeness (QED) is 0.122. The summed E-state index contributed by atoms with van der Waals surface area (Å²) in [5.41, 5.74) is 8.35. The van der Waals surface area contributed by atoms with Gasteiger partial charge in [-0.2, -0.15) is 0 Å². The number of hydrogen-bond donors (Lipinski definition) is 5. The molecule has 0 spiro atoms. The fourth-order valence-electron chi connectivity index (χ4n) is 7.03. The van der Waals surface area contributed by atoms with Crippen molar-refractivity contribution in [1.82, 2.24) is 21.5 Å². The van der Waals surface area contributed by atoms with Crippen molar-refractivity contribution in [2.24, 2.45) is 29.1 Å². The van der Waals surface area contributed by atoms with Crippen LogP contribution in [0.2, 0.25) is 0 Å². The van der Waals surface area contributed by atoms with Gasteiger partial charge in [-0.15, -0.1) is 11.8 Å². The predicted molar refractivity (Wildman–Crippen MR) is 160 cm³/mol. The van der Waals surface area contributed by atoms with Gasteiger partial charge >= 0.3 is 184 Å². The standard InChI is InChI=1S/C28H45IN4O3S/c1-16-7-6-8-19-22(28(2,3)26(35)32-27-33-30-15-37-27)20-13-14-21(31-25(20)36-23(16)19)17-9-11-18(12-10-17)24(34)29(4)5/h9,11-12,16-17,20-22,25-27,30-33,35H,6-8,10,13-15H2,1-5H3. The van der Waals surface area contributed by atoms with Crippen molar-refractivity contribution in [3.63, 3.8) is 0 Å². The second-order valence-corrected chi connectivity index (χ2v) is 18.5. The molecular weight excluding hydrogens is 599 g/mol. The van der Waals surface area contributed by atoms with E-state index < -0.39 is 26.0 Å². The maximum atomic E-state index is 12.5. The molecule has 37 heavy (non-hydrogen) atoms. The molecular formula is C28H45IN4O3S. The van der Waals surface area contributed by atoms with Crippen molar-refractivity contribution in [2.75, 3.05) is 15.7 Å². The number of allylic oxidation sites excluding steroid dienone is 5. The third kappa shape index (κ3) is 5.74. The number of nitrogens with one attached hydrogen (secondary N) is 4. The summed E-state index contributed by atoms with van der Waals surface area (Å²) in [6.07, 6.45) is 12.3. The van der Waals surface area contributed by atoms with Gasteiger partial charge in [-0.25, -0.2) is 10.9 Å². The first kappa shape index (κ1) is 28.1. The minimum Gasteiger partial charge on any atom is -0.378 e. The third-order valence-electron chi connectivity index (χ3n) is 9.07. The molecule has 0 bridgehead atoms. The van der Waals surface area contributed by atoms with E-state index in [4.69, 9.17) is 4.74 Å². The van der Waals surface area contributed by atoms with E-state index in [9.17, 15) is 9.90 Å². The summed E-state index contributed by atoms with van der Waals surface area (Å²) in [7, 11) is 0. The summed E-state index contributed by atoms with van der Waals surface area (Å²) in [5.74, 6) is 3.37. The number of ether oxygens (including phenoxy) is 1. The Morgan fingerprint density at radius 3 is 2.78 bits per heavy atom. The zero-order chi connectivity index (χ0) is 26.3. The third-order valence-corrected chi connectivity index (χ3v) is 12.6. The van der Waals surface area contributed by atoms with E-state index in [-0.39, 0.29) is 23.1 Å². The summed E-state index contributed by atoms with van der Waals surface area (Å²) in [6.45, 7) is 6.75. The average Bonchev–Trinajstić information content (AvgIpc) is 3.40. The minimum absolute atomic E-state index is 0.000812. The Bertz CT molecular complexity index is 961. The van der Waals surface area contributed by atoms with E-state index in [1.54, 1.807) is 11.8 Å². The van der Waals surface area contributed by atoms with Gasteiger partial charge in [0.25, 0.3) is 0 Å². The fraction of sp³-hybridized carbons (Fsp3) is 0.750. The van der Waals surface area contributed by atoms with Crippen LogP contribution < -0.4 is 21.5 Å². The number of alkyl halides is 2. The Labute approximate surface area is 233 Å². The molecule has 5 rings (SSSR count). The predicted octanol–water partition coefficient (Wildman–Crippen LogP) is 4.21. The van der Waals surface area contributed by atoms with Gasteiger partial charge in [0.15, 0.2) is 0 Å². The van der Waals surface area contributed by atoms with Crippen molar-refractivity contribution < 1.29 is 14.6 Å². The monoisotopic (exact) mass is 644 g/mol. The summed E-state index contributed by atoms with van der Waals surface area (Å²) in [5, 5.41) is 18.8. The number of piperidine rings is 1. The van der Waals surface area contributed by atoms with E-state index in [2.05, 4.69) is 70.3 Å². The number of halogens is 1.